The molecule has 1 aliphatic carbocycles. The lowest BCUT2D eigenvalue weighted by Gasteiger charge is -2.50. The Hall–Kier alpha value is -0.890. The van der Waals surface area contributed by atoms with E-state index in [0.29, 0.717) is 12.8 Å². The lowest BCUT2D eigenvalue weighted by atomic mass is 9.58. The van der Waals surface area contributed by atoms with E-state index in [-0.39, 0.29) is 16.6 Å². The molecule has 1 aliphatic rings. The lowest BCUT2D eigenvalue weighted by Crippen LogP contribution is -2.44. The molecule has 0 spiro atoms. The van der Waals surface area contributed by atoms with Crippen LogP contribution in [0.5, 0.6) is 0 Å². The average Bonchev–Trinajstić information content (AvgIpc) is 2.16. The summed E-state index contributed by atoms with van der Waals surface area (Å²) in [6, 6.07) is 4.73. The van der Waals surface area contributed by atoms with Crippen LogP contribution >= 0.6 is 0 Å². The van der Waals surface area contributed by atoms with E-state index < -0.39 is 5.60 Å². The third-order valence-corrected chi connectivity index (χ3v) is 4.20. The summed E-state index contributed by atoms with van der Waals surface area (Å²) >= 11 is 0. The zero-order valence-electron chi connectivity index (χ0n) is 12.7. The molecule has 1 nitrogen and oxygen atoms in total. The number of rotatable bonds is 1. The SMILES string of the molecule is Cc1ccc(F)cc1C1(O)CC(C)(C)CC(C)(C)C1. The molecule has 0 radical (unpaired) electrons. The predicted octanol–water partition coefficient (Wildman–Crippen LogP) is 4.56. The molecular weight excluding hydrogens is 239 g/mol. The molecule has 2 heteroatoms. The highest BCUT2D eigenvalue weighted by atomic mass is 19.1. The van der Waals surface area contributed by atoms with Crippen molar-refractivity contribution in [2.24, 2.45) is 10.8 Å². The molecule has 0 aliphatic heterocycles. The fraction of sp³-hybridized carbons (Fsp3) is 0.647. The highest BCUT2D eigenvalue weighted by Gasteiger charge is 2.47. The number of halogens is 1. The number of aliphatic hydroxyl groups is 1. The van der Waals surface area contributed by atoms with E-state index in [1.807, 2.05) is 6.92 Å². The van der Waals surface area contributed by atoms with Crippen LogP contribution < -0.4 is 0 Å². The topological polar surface area (TPSA) is 20.2 Å². The van der Waals surface area contributed by atoms with Crippen molar-refractivity contribution >= 4 is 0 Å². The molecule has 1 N–H and O–H groups in total. The second kappa shape index (κ2) is 4.31. The van der Waals surface area contributed by atoms with Gasteiger partial charge in [0.15, 0.2) is 0 Å². The van der Waals surface area contributed by atoms with Crippen LogP contribution in [0.15, 0.2) is 18.2 Å². The van der Waals surface area contributed by atoms with Crippen LogP contribution in [0.1, 0.15) is 58.1 Å². The van der Waals surface area contributed by atoms with Crippen LogP contribution in [0.3, 0.4) is 0 Å². The summed E-state index contributed by atoms with van der Waals surface area (Å²) in [5.74, 6) is -0.268. The Kier molecular flexibility index (Phi) is 3.29. The van der Waals surface area contributed by atoms with Crippen molar-refractivity contribution in [1.82, 2.24) is 0 Å². The van der Waals surface area contributed by atoms with Gasteiger partial charge in [0.1, 0.15) is 5.82 Å². The second-order valence-electron chi connectivity index (χ2n) is 7.85. The van der Waals surface area contributed by atoms with E-state index in [1.165, 1.54) is 12.1 Å². The van der Waals surface area contributed by atoms with E-state index in [1.54, 1.807) is 6.07 Å². The Labute approximate surface area is 115 Å². The fourth-order valence-corrected chi connectivity index (χ4v) is 4.35. The van der Waals surface area contributed by atoms with Gasteiger partial charge in [-0.2, -0.15) is 0 Å². The largest absolute Gasteiger partial charge is 0.385 e. The Morgan fingerprint density at radius 1 is 1.00 bits per heavy atom. The fourth-order valence-electron chi connectivity index (χ4n) is 4.35. The standard InChI is InChI=1S/C17H25FO/c1-12-6-7-13(18)8-14(12)17(19)10-15(2,3)9-16(4,5)11-17/h6-8,19H,9-11H2,1-5H3. The summed E-state index contributed by atoms with van der Waals surface area (Å²) in [6.07, 6.45) is 2.46. The van der Waals surface area contributed by atoms with E-state index in [4.69, 9.17) is 0 Å². The number of aryl methyl sites for hydroxylation is 1. The minimum absolute atomic E-state index is 0.0647. The van der Waals surface area contributed by atoms with Crippen molar-refractivity contribution in [2.45, 2.75) is 59.5 Å². The quantitative estimate of drug-likeness (QED) is 0.788. The molecule has 0 amide bonds. The smallest absolute Gasteiger partial charge is 0.123 e. The van der Waals surface area contributed by atoms with Crippen LogP contribution in [-0.4, -0.2) is 5.11 Å². The molecule has 0 unspecified atom stereocenters. The third-order valence-electron chi connectivity index (χ3n) is 4.20. The first-order chi connectivity index (χ1) is 8.53. The van der Waals surface area contributed by atoms with Crippen LogP contribution in [0.4, 0.5) is 4.39 Å². The highest BCUT2D eigenvalue weighted by Crippen LogP contribution is 2.54. The summed E-state index contributed by atoms with van der Waals surface area (Å²) in [5, 5.41) is 11.2. The van der Waals surface area contributed by atoms with E-state index in [0.717, 1.165) is 17.5 Å². The summed E-state index contributed by atoms with van der Waals surface area (Å²) in [7, 11) is 0. The molecule has 1 aromatic rings. The molecule has 2 rings (SSSR count). The molecular formula is C17H25FO. The maximum Gasteiger partial charge on any atom is 0.123 e. The summed E-state index contributed by atoms with van der Waals surface area (Å²) in [5.41, 5.74) is 0.938. The molecule has 106 valence electrons. The molecule has 0 heterocycles. The molecule has 0 bridgehead atoms. The maximum absolute atomic E-state index is 13.5. The minimum Gasteiger partial charge on any atom is -0.385 e. The summed E-state index contributed by atoms with van der Waals surface area (Å²) in [6.45, 7) is 10.7. The Balaban J connectivity index is 2.49. The van der Waals surface area contributed by atoms with Crippen molar-refractivity contribution in [1.29, 1.82) is 0 Å². The van der Waals surface area contributed by atoms with Gasteiger partial charge in [-0.05, 0) is 60.3 Å². The molecule has 0 saturated heterocycles. The van der Waals surface area contributed by atoms with Crippen LogP contribution in [0.2, 0.25) is 0 Å². The zero-order valence-corrected chi connectivity index (χ0v) is 12.7. The predicted molar refractivity (Wildman–Crippen MR) is 76.4 cm³/mol. The van der Waals surface area contributed by atoms with E-state index in [9.17, 15) is 9.50 Å². The van der Waals surface area contributed by atoms with Gasteiger partial charge < -0.3 is 5.11 Å². The van der Waals surface area contributed by atoms with Crippen molar-refractivity contribution in [3.63, 3.8) is 0 Å². The number of benzene rings is 1. The van der Waals surface area contributed by atoms with Crippen molar-refractivity contribution in [3.05, 3.63) is 35.1 Å². The van der Waals surface area contributed by atoms with Gasteiger partial charge in [-0.25, -0.2) is 4.39 Å². The first kappa shape index (κ1) is 14.5. The first-order valence-electron chi connectivity index (χ1n) is 7.02. The average molecular weight is 264 g/mol. The zero-order chi connectivity index (χ0) is 14.5. The lowest BCUT2D eigenvalue weighted by molar-refractivity contribution is -0.0917. The van der Waals surface area contributed by atoms with Gasteiger partial charge in [-0.1, -0.05) is 33.8 Å². The molecule has 19 heavy (non-hydrogen) atoms. The molecule has 1 fully saturated rings. The van der Waals surface area contributed by atoms with Gasteiger partial charge >= 0.3 is 0 Å². The van der Waals surface area contributed by atoms with Crippen molar-refractivity contribution in [3.8, 4) is 0 Å². The minimum atomic E-state index is -0.919. The van der Waals surface area contributed by atoms with Gasteiger partial charge in [-0.3, -0.25) is 0 Å². The van der Waals surface area contributed by atoms with Crippen molar-refractivity contribution < 1.29 is 9.50 Å². The second-order valence-corrected chi connectivity index (χ2v) is 7.85. The van der Waals surface area contributed by atoms with Gasteiger partial charge in [0.2, 0.25) is 0 Å². The Morgan fingerprint density at radius 3 is 2.05 bits per heavy atom. The van der Waals surface area contributed by atoms with Crippen molar-refractivity contribution in [2.75, 3.05) is 0 Å². The van der Waals surface area contributed by atoms with Gasteiger partial charge in [0.25, 0.3) is 0 Å². The number of hydrogen-bond acceptors (Lipinski definition) is 1. The highest BCUT2D eigenvalue weighted by molar-refractivity contribution is 5.33. The molecule has 0 aromatic heterocycles. The van der Waals surface area contributed by atoms with E-state index in [2.05, 4.69) is 27.7 Å². The van der Waals surface area contributed by atoms with Gasteiger partial charge in [-0.15, -0.1) is 0 Å². The molecule has 0 atom stereocenters. The molecule has 1 aromatic carbocycles. The Morgan fingerprint density at radius 2 is 1.53 bits per heavy atom. The number of hydrogen-bond donors (Lipinski definition) is 1. The third kappa shape index (κ3) is 3.00. The first-order valence-corrected chi connectivity index (χ1v) is 7.02. The van der Waals surface area contributed by atoms with E-state index >= 15 is 0 Å². The van der Waals surface area contributed by atoms with Crippen LogP contribution in [0, 0.1) is 23.6 Å². The summed E-state index contributed by atoms with van der Waals surface area (Å²) in [4.78, 5) is 0. The van der Waals surface area contributed by atoms with Gasteiger partial charge in [0, 0.05) is 0 Å². The van der Waals surface area contributed by atoms with Crippen LogP contribution in [0.25, 0.3) is 0 Å². The normalized spacial score (nSPS) is 24.2. The maximum atomic E-state index is 13.5. The summed E-state index contributed by atoms with van der Waals surface area (Å²) < 4.78 is 13.5. The monoisotopic (exact) mass is 264 g/mol. The van der Waals surface area contributed by atoms with Crippen LogP contribution in [-0.2, 0) is 5.60 Å². The van der Waals surface area contributed by atoms with Gasteiger partial charge in [0.05, 0.1) is 5.60 Å². The molecule has 1 saturated carbocycles. The Bertz CT molecular complexity index is 472.